The highest BCUT2D eigenvalue weighted by Gasteiger charge is 2.23. The lowest BCUT2D eigenvalue weighted by Gasteiger charge is -2.25. The van der Waals surface area contributed by atoms with Crippen LogP contribution in [0.15, 0.2) is 58.3 Å². The van der Waals surface area contributed by atoms with Gasteiger partial charge in [0, 0.05) is 42.0 Å². The van der Waals surface area contributed by atoms with Crippen molar-refractivity contribution in [2.75, 3.05) is 26.2 Å². The van der Waals surface area contributed by atoms with Crippen LogP contribution in [0.4, 0.5) is 0 Å². The SMILES string of the molecule is CC(C)N1CCCN(C(=O)c2ccccc2Sc2ccccc2C#N)CC1. The van der Waals surface area contributed by atoms with Crippen LogP contribution in [-0.2, 0) is 0 Å². The summed E-state index contributed by atoms with van der Waals surface area (Å²) >= 11 is 1.49. The van der Waals surface area contributed by atoms with Gasteiger partial charge in [0.2, 0.25) is 0 Å². The maximum absolute atomic E-state index is 13.2. The maximum Gasteiger partial charge on any atom is 0.255 e. The molecule has 1 aliphatic heterocycles. The molecule has 0 saturated carbocycles. The third-order valence-electron chi connectivity index (χ3n) is 4.89. The van der Waals surface area contributed by atoms with Gasteiger partial charge in [-0.15, -0.1) is 0 Å². The van der Waals surface area contributed by atoms with Crippen LogP contribution < -0.4 is 0 Å². The number of nitriles is 1. The van der Waals surface area contributed by atoms with Gasteiger partial charge in [-0.05, 0) is 44.5 Å². The van der Waals surface area contributed by atoms with Crippen molar-refractivity contribution in [3.63, 3.8) is 0 Å². The third kappa shape index (κ3) is 4.71. The van der Waals surface area contributed by atoms with Gasteiger partial charge in [0.1, 0.15) is 6.07 Å². The minimum atomic E-state index is 0.0816. The molecule has 0 spiro atoms. The summed E-state index contributed by atoms with van der Waals surface area (Å²) in [5.74, 6) is 0.0816. The standard InChI is InChI=1S/C22H25N3OS/c1-17(2)24-12-7-13-25(15-14-24)22(26)19-9-4-6-11-21(19)27-20-10-5-3-8-18(20)16-23/h3-6,8-11,17H,7,12-15H2,1-2H3. The number of carbonyl (C=O) groups is 1. The van der Waals surface area contributed by atoms with E-state index in [4.69, 9.17) is 0 Å². The second-order valence-corrected chi connectivity index (χ2v) is 8.07. The van der Waals surface area contributed by atoms with E-state index in [2.05, 4.69) is 24.8 Å². The summed E-state index contributed by atoms with van der Waals surface area (Å²) in [6.45, 7) is 7.90. The van der Waals surface area contributed by atoms with Crippen LogP contribution in [0.5, 0.6) is 0 Å². The molecular weight excluding hydrogens is 354 g/mol. The van der Waals surface area contributed by atoms with Crippen LogP contribution in [0.25, 0.3) is 0 Å². The number of carbonyl (C=O) groups excluding carboxylic acids is 1. The molecule has 0 bridgehead atoms. The van der Waals surface area contributed by atoms with E-state index in [1.165, 1.54) is 11.8 Å². The molecule has 0 radical (unpaired) electrons. The molecule has 27 heavy (non-hydrogen) atoms. The number of rotatable bonds is 4. The van der Waals surface area contributed by atoms with Gasteiger partial charge in [0.15, 0.2) is 0 Å². The molecule has 0 aromatic heterocycles. The largest absolute Gasteiger partial charge is 0.337 e. The molecule has 2 aromatic carbocycles. The van der Waals surface area contributed by atoms with Crippen molar-refractivity contribution >= 4 is 17.7 Å². The topological polar surface area (TPSA) is 47.3 Å². The molecule has 3 rings (SSSR count). The number of amides is 1. The Labute approximate surface area is 165 Å². The third-order valence-corrected chi connectivity index (χ3v) is 6.04. The van der Waals surface area contributed by atoms with Crippen LogP contribution in [0.2, 0.25) is 0 Å². The highest BCUT2D eigenvalue weighted by atomic mass is 32.2. The fraction of sp³-hybridized carbons (Fsp3) is 0.364. The summed E-state index contributed by atoms with van der Waals surface area (Å²) in [6.07, 6.45) is 0.997. The highest BCUT2D eigenvalue weighted by Crippen LogP contribution is 2.33. The average molecular weight is 380 g/mol. The molecule has 1 saturated heterocycles. The molecule has 1 fully saturated rings. The Hall–Kier alpha value is -2.29. The van der Waals surface area contributed by atoms with Crippen molar-refractivity contribution in [1.82, 2.24) is 9.80 Å². The van der Waals surface area contributed by atoms with Crippen molar-refractivity contribution in [3.05, 3.63) is 59.7 Å². The summed E-state index contributed by atoms with van der Waals surface area (Å²) in [6, 6.07) is 18.0. The summed E-state index contributed by atoms with van der Waals surface area (Å²) in [7, 11) is 0. The molecular formula is C22H25N3OS. The van der Waals surface area contributed by atoms with Gasteiger partial charge in [0.05, 0.1) is 11.1 Å². The number of hydrogen-bond donors (Lipinski definition) is 0. The number of nitrogens with zero attached hydrogens (tertiary/aromatic N) is 3. The average Bonchev–Trinajstić information content (AvgIpc) is 2.95. The van der Waals surface area contributed by atoms with E-state index < -0.39 is 0 Å². The van der Waals surface area contributed by atoms with Gasteiger partial charge in [0.25, 0.3) is 5.91 Å². The predicted octanol–water partition coefficient (Wildman–Crippen LogP) is 4.27. The predicted molar refractivity (Wildman–Crippen MR) is 109 cm³/mol. The Bertz CT molecular complexity index is 843. The van der Waals surface area contributed by atoms with Crippen molar-refractivity contribution < 1.29 is 4.79 Å². The monoisotopic (exact) mass is 379 g/mol. The van der Waals surface area contributed by atoms with Gasteiger partial charge in [-0.1, -0.05) is 36.0 Å². The van der Waals surface area contributed by atoms with E-state index in [1.54, 1.807) is 0 Å². The molecule has 140 valence electrons. The van der Waals surface area contributed by atoms with Crippen LogP contribution in [0.1, 0.15) is 36.2 Å². The lowest BCUT2D eigenvalue weighted by atomic mass is 10.2. The molecule has 0 atom stereocenters. The van der Waals surface area contributed by atoms with E-state index in [1.807, 2.05) is 53.4 Å². The smallest absolute Gasteiger partial charge is 0.255 e. The quantitative estimate of drug-likeness (QED) is 0.796. The Kier molecular flexibility index (Phi) is 6.54. The molecule has 2 aromatic rings. The van der Waals surface area contributed by atoms with E-state index in [0.29, 0.717) is 17.2 Å². The second-order valence-electron chi connectivity index (χ2n) is 6.98. The number of benzene rings is 2. The van der Waals surface area contributed by atoms with Crippen molar-refractivity contribution in [2.24, 2.45) is 0 Å². The molecule has 0 aliphatic carbocycles. The fourth-order valence-corrected chi connectivity index (χ4v) is 4.35. The Morgan fingerprint density at radius 2 is 1.70 bits per heavy atom. The molecule has 5 heteroatoms. The van der Waals surface area contributed by atoms with E-state index >= 15 is 0 Å². The first kappa shape index (κ1) is 19.5. The van der Waals surface area contributed by atoms with Crippen molar-refractivity contribution in [2.45, 2.75) is 36.1 Å². The van der Waals surface area contributed by atoms with E-state index in [9.17, 15) is 10.1 Å². The minimum Gasteiger partial charge on any atom is -0.337 e. The normalized spacial score (nSPS) is 15.4. The first-order chi connectivity index (χ1) is 13.1. The van der Waals surface area contributed by atoms with Gasteiger partial charge in [-0.2, -0.15) is 5.26 Å². The van der Waals surface area contributed by atoms with Crippen LogP contribution in [-0.4, -0.2) is 47.9 Å². The lowest BCUT2D eigenvalue weighted by Crippen LogP contribution is -2.37. The van der Waals surface area contributed by atoms with Gasteiger partial charge in [-0.25, -0.2) is 0 Å². The summed E-state index contributed by atoms with van der Waals surface area (Å²) in [4.78, 5) is 19.4. The second kappa shape index (κ2) is 9.07. The van der Waals surface area contributed by atoms with Gasteiger partial charge < -0.3 is 4.90 Å². The fourth-order valence-electron chi connectivity index (χ4n) is 3.33. The van der Waals surface area contributed by atoms with Crippen LogP contribution >= 0.6 is 11.8 Å². The molecule has 0 N–H and O–H groups in total. The first-order valence-electron chi connectivity index (χ1n) is 9.39. The molecule has 1 aliphatic rings. The van der Waals surface area contributed by atoms with Gasteiger partial charge >= 0.3 is 0 Å². The zero-order valence-corrected chi connectivity index (χ0v) is 16.7. The Balaban J connectivity index is 1.81. The summed E-state index contributed by atoms with van der Waals surface area (Å²) in [5.41, 5.74) is 1.35. The maximum atomic E-state index is 13.2. The van der Waals surface area contributed by atoms with Crippen LogP contribution in [0, 0.1) is 11.3 Å². The molecule has 0 unspecified atom stereocenters. The summed E-state index contributed by atoms with van der Waals surface area (Å²) < 4.78 is 0. The first-order valence-corrected chi connectivity index (χ1v) is 10.2. The van der Waals surface area contributed by atoms with Crippen LogP contribution in [0.3, 0.4) is 0 Å². The minimum absolute atomic E-state index is 0.0816. The molecule has 1 heterocycles. The van der Waals surface area contributed by atoms with Crippen molar-refractivity contribution in [1.29, 1.82) is 5.26 Å². The Morgan fingerprint density at radius 3 is 2.44 bits per heavy atom. The number of hydrogen-bond acceptors (Lipinski definition) is 4. The zero-order chi connectivity index (χ0) is 19.2. The van der Waals surface area contributed by atoms with E-state index in [-0.39, 0.29) is 5.91 Å². The Morgan fingerprint density at radius 1 is 1.00 bits per heavy atom. The zero-order valence-electron chi connectivity index (χ0n) is 15.9. The van der Waals surface area contributed by atoms with Crippen molar-refractivity contribution in [3.8, 4) is 6.07 Å². The molecule has 1 amide bonds. The summed E-state index contributed by atoms with van der Waals surface area (Å²) in [5, 5.41) is 9.34. The molecule has 4 nitrogen and oxygen atoms in total. The van der Waals surface area contributed by atoms with E-state index in [0.717, 1.165) is 42.4 Å². The lowest BCUT2D eigenvalue weighted by molar-refractivity contribution is 0.0756. The highest BCUT2D eigenvalue weighted by molar-refractivity contribution is 7.99. The van der Waals surface area contributed by atoms with Gasteiger partial charge in [-0.3, -0.25) is 9.69 Å².